The fourth-order valence-corrected chi connectivity index (χ4v) is 2.55. The second-order valence-electron chi connectivity index (χ2n) is 6.93. The highest BCUT2D eigenvalue weighted by atomic mass is 35.5. The summed E-state index contributed by atoms with van der Waals surface area (Å²) in [5.74, 6) is 0.693. The van der Waals surface area contributed by atoms with Gasteiger partial charge in [0.1, 0.15) is 5.75 Å². The molecule has 1 atom stereocenters. The summed E-state index contributed by atoms with van der Waals surface area (Å²) in [6.07, 6.45) is 2.06. The molecule has 0 spiro atoms. The number of hydrogen-bond acceptors (Lipinski definition) is 5. The van der Waals surface area contributed by atoms with Crippen LogP contribution in [0.2, 0.25) is 0 Å². The number of carbonyl (C=O) groups is 2. The Kier molecular flexibility index (Phi) is 10.1. The fraction of sp³-hybridized carbons (Fsp3) is 0.579. The Bertz CT molecular complexity index is 589. The number of hydrogen-bond donors (Lipinski definition) is 3. The molecule has 1 fully saturated rings. The van der Waals surface area contributed by atoms with E-state index in [1.54, 1.807) is 12.1 Å². The first-order valence-electron chi connectivity index (χ1n) is 9.09. The molecule has 2 rings (SSSR count). The average molecular weight is 400 g/mol. The summed E-state index contributed by atoms with van der Waals surface area (Å²) in [4.78, 5) is 23.7. The van der Waals surface area contributed by atoms with Crippen LogP contribution in [0.3, 0.4) is 0 Å². The number of amides is 2. The van der Waals surface area contributed by atoms with Crippen LogP contribution in [-0.4, -0.2) is 44.2 Å². The van der Waals surface area contributed by atoms with Crippen LogP contribution < -0.4 is 21.1 Å². The van der Waals surface area contributed by atoms with Crippen molar-refractivity contribution in [3.8, 4) is 5.75 Å². The van der Waals surface area contributed by atoms with Crippen molar-refractivity contribution in [1.82, 2.24) is 5.32 Å². The zero-order chi connectivity index (χ0) is 18.9. The molecule has 27 heavy (non-hydrogen) atoms. The molecule has 1 heterocycles. The van der Waals surface area contributed by atoms with Crippen molar-refractivity contribution in [2.45, 2.75) is 32.7 Å². The standard InChI is InChI=1S/C19H29N3O4.ClH/c1-13(2)18(20)19(24)21-11-17(23)22-15-3-5-16(6-4-15)26-12-14-7-9-25-10-8-14;/h3-6,13-14,18H,7-12,20H2,1-2H3,(H,21,24)(H,22,23);1H/t18-;/m0./s1. The van der Waals surface area contributed by atoms with Crippen LogP contribution in [0.15, 0.2) is 24.3 Å². The lowest BCUT2D eigenvalue weighted by atomic mass is 10.0. The Labute approximate surface area is 166 Å². The van der Waals surface area contributed by atoms with E-state index in [4.69, 9.17) is 15.2 Å². The summed E-state index contributed by atoms with van der Waals surface area (Å²) in [6.45, 7) is 5.89. The summed E-state index contributed by atoms with van der Waals surface area (Å²) >= 11 is 0. The molecule has 0 saturated carbocycles. The summed E-state index contributed by atoms with van der Waals surface area (Å²) in [7, 11) is 0. The van der Waals surface area contributed by atoms with E-state index in [1.165, 1.54) is 0 Å². The lowest BCUT2D eigenvalue weighted by molar-refractivity contribution is -0.125. The van der Waals surface area contributed by atoms with Gasteiger partial charge in [-0.15, -0.1) is 12.4 Å². The minimum absolute atomic E-state index is 0. The van der Waals surface area contributed by atoms with Crippen LogP contribution in [0.4, 0.5) is 5.69 Å². The van der Waals surface area contributed by atoms with E-state index >= 15 is 0 Å². The molecular formula is C19H30ClN3O4. The van der Waals surface area contributed by atoms with Crippen molar-refractivity contribution in [1.29, 1.82) is 0 Å². The number of carbonyl (C=O) groups excluding carboxylic acids is 2. The third-order valence-electron chi connectivity index (χ3n) is 4.41. The third kappa shape index (κ3) is 8.15. The van der Waals surface area contributed by atoms with Gasteiger partial charge in [0.05, 0.1) is 19.2 Å². The molecule has 7 nitrogen and oxygen atoms in total. The molecule has 1 aliphatic heterocycles. The van der Waals surface area contributed by atoms with Gasteiger partial charge in [0.15, 0.2) is 0 Å². The van der Waals surface area contributed by atoms with Gasteiger partial charge in [0.25, 0.3) is 0 Å². The number of ether oxygens (including phenoxy) is 2. The molecule has 1 saturated heterocycles. The Morgan fingerprint density at radius 3 is 2.44 bits per heavy atom. The fourth-order valence-electron chi connectivity index (χ4n) is 2.55. The monoisotopic (exact) mass is 399 g/mol. The lowest BCUT2D eigenvalue weighted by Gasteiger charge is -2.22. The first-order valence-corrected chi connectivity index (χ1v) is 9.09. The number of benzene rings is 1. The zero-order valence-corrected chi connectivity index (χ0v) is 16.7. The van der Waals surface area contributed by atoms with E-state index in [2.05, 4.69) is 10.6 Å². The van der Waals surface area contributed by atoms with Gasteiger partial charge >= 0.3 is 0 Å². The predicted octanol–water partition coefficient (Wildman–Crippen LogP) is 1.95. The van der Waals surface area contributed by atoms with E-state index in [9.17, 15) is 9.59 Å². The molecule has 8 heteroatoms. The van der Waals surface area contributed by atoms with Crippen LogP contribution in [-0.2, 0) is 14.3 Å². The van der Waals surface area contributed by atoms with E-state index in [0.29, 0.717) is 18.2 Å². The molecule has 0 aromatic heterocycles. The summed E-state index contributed by atoms with van der Waals surface area (Å²) in [5, 5.41) is 5.27. The maximum atomic E-state index is 11.9. The van der Waals surface area contributed by atoms with Gasteiger partial charge in [-0.3, -0.25) is 9.59 Å². The molecule has 1 aliphatic rings. The highest BCUT2D eigenvalue weighted by molar-refractivity contribution is 5.95. The van der Waals surface area contributed by atoms with Crippen molar-refractivity contribution in [3.63, 3.8) is 0 Å². The number of nitrogens with two attached hydrogens (primary N) is 1. The van der Waals surface area contributed by atoms with E-state index in [-0.39, 0.29) is 36.7 Å². The second-order valence-corrected chi connectivity index (χ2v) is 6.93. The normalized spacial score (nSPS) is 15.6. The molecule has 2 amide bonds. The van der Waals surface area contributed by atoms with Crippen LogP contribution in [0, 0.1) is 11.8 Å². The molecule has 0 bridgehead atoms. The van der Waals surface area contributed by atoms with E-state index in [0.717, 1.165) is 31.8 Å². The van der Waals surface area contributed by atoms with Crippen molar-refractivity contribution in [2.24, 2.45) is 17.6 Å². The Morgan fingerprint density at radius 1 is 1.22 bits per heavy atom. The van der Waals surface area contributed by atoms with Crippen LogP contribution in [0.25, 0.3) is 0 Å². The zero-order valence-electron chi connectivity index (χ0n) is 15.9. The Hall–Kier alpha value is -1.83. The highest BCUT2D eigenvalue weighted by Crippen LogP contribution is 2.19. The molecule has 0 unspecified atom stereocenters. The maximum Gasteiger partial charge on any atom is 0.243 e. The second kappa shape index (κ2) is 11.8. The van der Waals surface area contributed by atoms with Crippen molar-refractivity contribution >= 4 is 29.9 Å². The van der Waals surface area contributed by atoms with Crippen molar-refractivity contribution in [3.05, 3.63) is 24.3 Å². The molecule has 1 aromatic carbocycles. The predicted molar refractivity (Wildman–Crippen MR) is 107 cm³/mol. The molecule has 4 N–H and O–H groups in total. The maximum absolute atomic E-state index is 11.9. The van der Waals surface area contributed by atoms with Crippen molar-refractivity contribution in [2.75, 3.05) is 31.7 Å². The lowest BCUT2D eigenvalue weighted by Crippen LogP contribution is -2.46. The van der Waals surface area contributed by atoms with Crippen LogP contribution in [0.1, 0.15) is 26.7 Å². The topological polar surface area (TPSA) is 103 Å². The van der Waals surface area contributed by atoms with Gasteiger partial charge in [-0.2, -0.15) is 0 Å². The Balaban J connectivity index is 0.00000364. The molecule has 152 valence electrons. The quantitative estimate of drug-likeness (QED) is 0.620. The van der Waals surface area contributed by atoms with Gasteiger partial charge in [0, 0.05) is 18.9 Å². The van der Waals surface area contributed by atoms with Gasteiger partial charge < -0.3 is 25.8 Å². The molecular weight excluding hydrogens is 370 g/mol. The van der Waals surface area contributed by atoms with Crippen molar-refractivity contribution < 1.29 is 19.1 Å². The van der Waals surface area contributed by atoms with Gasteiger partial charge in [-0.05, 0) is 48.9 Å². The SMILES string of the molecule is CC(C)[C@H](N)C(=O)NCC(=O)Nc1ccc(OCC2CCOCC2)cc1.Cl. The number of nitrogens with one attached hydrogen (secondary N) is 2. The first kappa shape index (κ1) is 23.2. The number of anilines is 1. The minimum atomic E-state index is -0.616. The minimum Gasteiger partial charge on any atom is -0.493 e. The highest BCUT2D eigenvalue weighted by Gasteiger charge is 2.17. The van der Waals surface area contributed by atoms with Gasteiger partial charge in [0.2, 0.25) is 11.8 Å². The molecule has 0 aliphatic carbocycles. The van der Waals surface area contributed by atoms with Crippen LogP contribution >= 0.6 is 12.4 Å². The summed E-state index contributed by atoms with van der Waals surface area (Å²) in [5.41, 5.74) is 6.38. The third-order valence-corrected chi connectivity index (χ3v) is 4.41. The number of rotatable bonds is 8. The first-order chi connectivity index (χ1) is 12.5. The number of halogens is 1. The summed E-state index contributed by atoms with van der Waals surface area (Å²) in [6, 6.07) is 6.58. The van der Waals surface area contributed by atoms with Crippen LogP contribution in [0.5, 0.6) is 5.75 Å². The Morgan fingerprint density at radius 2 is 1.85 bits per heavy atom. The average Bonchev–Trinajstić information content (AvgIpc) is 2.65. The smallest absolute Gasteiger partial charge is 0.243 e. The largest absolute Gasteiger partial charge is 0.493 e. The van der Waals surface area contributed by atoms with E-state index < -0.39 is 6.04 Å². The molecule has 1 aromatic rings. The summed E-state index contributed by atoms with van der Waals surface area (Å²) < 4.78 is 11.1. The van der Waals surface area contributed by atoms with Gasteiger partial charge in [-0.1, -0.05) is 13.8 Å². The molecule has 0 radical (unpaired) electrons. The van der Waals surface area contributed by atoms with E-state index in [1.807, 2.05) is 26.0 Å². The van der Waals surface area contributed by atoms with Gasteiger partial charge in [-0.25, -0.2) is 0 Å².